The number of thiophene rings is 1. The summed E-state index contributed by atoms with van der Waals surface area (Å²) < 4.78 is 0.983. The van der Waals surface area contributed by atoms with Crippen LogP contribution in [0.5, 0.6) is 0 Å². The van der Waals surface area contributed by atoms with Crippen LogP contribution in [0.2, 0.25) is 5.02 Å². The average Bonchev–Trinajstić information content (AvgIpc) is 3.17. The van der Waals surface area contributed by atoms with Gasteiger partial charge in [0.05, 0.1) is 10.3 Å². The highest BCUT2D eigenvalue weighted by atomic mass is 35.5. The largest absolute Gasteiger partial charge is 0.383 e. The van der Waals surface area contributed by atoms with Crippen LogP contribution in [0.4, 0.5) is 22.0 Å². The SMILES string of the molecule is [CH2]C#Cc1cnc(N)c2c(-c3ccc(NC(=O)Nc4cccc(Cl)c4)cc3)csc12. The molecule has 2 amide bonds. The van der Waals surface area contributed by atoms with Gasteiger partial charge in [-0.2, -0.15) is 0 Å². The van der Waals surface area contributed by atoms with Crippen molar-refractivity contribution in [3.63, 3.8) is 0 Å². The first kappa shape index (κ1) is 19.8. The van der Waals surface area contributed by atoms with Crippen LogP contribution in [0, 0.1) is 18.8 Å². The summed E-state index contributed by atoms with van der Waals surface area (Å²) >= 11 is 7.51. The van der Waals surface area contributed by atoms with Gasteiger partial charge in [-0.25, -0.2) is 9.78 Å². The molecule has 4 N–H and O–H groups in total. The number of anilines is 3. The number of aromatic nitrogens is 1. The Morgan fingerprint density at radius 3 is 2.63 bits per heavy atom. The van der Waals surface area contributed by atoms with Crippen molar-refractivity contribution >= 4 is 56.2 Å². The molecule has 0 fully saturated rings. The highest BCUT2D eigenvalue weighted by molar-refractivity contribution is 7.18. The number of amides is 2. The third kappa shape index (κ3) is 4.08. The Labute approximate surface area is 182 Å². The van der Waals surface area contributed by atoms with Crippen LogP contribution < -0.4 is 16.4 Å². The number of hydrogen-bond acceptors (Lipinski definition) is 4. The molecule has 7 heteroatoms. The number of benzene rings is 2. The molecule has 0 unspecified atom stereocenters. The van der Waals surface area contributed by atoms with E-state index < -0.39 is 0 Å². The number of nitrogens with zero attached hydrogens (tertiary/aromatic N) is 1. The van der Waals surface area contributed by atoms with E-state index in [0.717, 1.165) is 26.8 Å². The lowest BCUT2D eigenvalue weighted by Gasteiger charge is -2.09. The monoisotopic (exact) mass is 431 g/mol. The molecule has 0 spiro atoms. The zero-order valence-corrected chi connectivity index (χ0v) is 17.3. The summed E-state index contributed by atoms with van der Waals surface area (Å²) in [6.07, 6.45) is 1.67. The van der Waals surface area contributed by atoms with Crippen molar-refractivity contribution in [1.29, 1.82) is 0 Å². The predicted octanol–water partition coefficient (Wildman–Crippen LogP) is 6.03. The van der Waals surface area contributed by atoms with Gasteiger partial charge in [-0.15, -0.1) is 11.3 Å². The van der Waals surface area contributed by atoms with Gasteiger partial charge in [0.2, 0.25) is 0 Å². The molecule has 0 saturated carbocycles. The number of fused-ring (bicyclic) bond motifs is 1. The molecule has 4 rings (SSSR count). The maximum Gasteiger partial charge on any atom is 0.323 e. The Bertz CT molecular complexity index is 1300. The molecule has 2 aromatic carbocycles. The van der Waals surface area contributed by atoms with Crippen LogP contribution in [0.25, 0.3) is 21.2 Å². The average molecular weight is 432 g/mol. The minimum absolute atomic E-state index is 0.351. The van der Waals surface area contributed by atoms with Crippen LogP contribution in [0.3, 0.4) is 0 Å². The van der Waals surface area contributed by atoms with Crippen molar-refractivity contribution in [1.82, 2.24) is 4.98 Å². The number of pyridine rings is 1. The molecule has 0 aliphatic heterocycles. The van der Waals surface area contributed by atoms with Gasteiger partial charge in [0.15, 0.2) is 0 Å². The van der Waals surface area contributed by atoms with Crippen molar-refractivity contribution in [2.24, 2.45) is 0 Å². The number of carbonyl (C=O) groups is 1. The second-order valence-electron chi connectivity index (χ2n) is 6.38. The fourth-order valence-corrected chi connectivity index (χ4v) is 4.30. The van der Waals surface area contributed by atoms with Crippen LogP contribution in [-0.4, -0.2) is 11.0 Å². The molecule has 30 heavy (non-hydrogen) atoms. The first-order valence-corrected chi connectivity index (χ1v) is 10.2. The van der Waals surface area contributed by atoms with Crippen molar-refractivity contribution < 1.29 is 4.79 Å². The Morgan fingerprint density at radius 1 is 1.13 bits per heavy atom. The minimum atomic E-state index is -0.351. The Kier molecular flexibility index (Phi) is 5.57. The fourth-order valence-electron chi connectivity index (χ4n) is 3.06. The lowest BCUT2D eigenvalue weighted by atomic mass is 10.0. The molecule has 0 aliphatic carbocycles. The second-order valence-corrected chi connectivity index (χ2v) is 7.70. The van der Waals surface area contributed by atoms with Crippen molar-refractivity contribution in [2.45, 2.75) is 0 Å². The molecular formula is C23H16ClN4OS. The van der Waals surface area contributed by atoms with Gasteiger partial charge >= 0.3 is 6.03 Å². The molecule has 0 bridgehead atoms. The van der Waals surface area contributed by atoms with Gasteiger partial charge in [0, 0.05) is 40.5 Å². The second kappa shape index (κ2) is 8.46. The Hall–Kier alpha value is -3.53. The molecule has 4 aromatic rings. The maximum atomic E-state index is 12.2. The number of nitrogen functional groups attached to an aromatic ring is 1. The normalized spacial score (nSPS) is 10.3. The van der Waals surface area contributed by atoms with E-state index in [1.54, 1.807) is 41.8 Å². The standard InChI is InChI=1S/C23H16ClN4OS/c1-2-4-15-12-26-22(25)20-19(13-30-21(15)20)14-7-9-17(10-8-14)27-23(29)28-18-6-3-5-16(24)11-18/h3,5-13H,1H2,(H2,25,26)(H2,27,28,29). The Balaban J connectivity index is 1.56. The number of rotatable bonds is 3. The third-order valence-electron chi connectivity index (χ3n) is 4.38. The predicted molar refractivity (Wildman–Crippen MR) is 126 cm³/mol. The topological polar surface area (TPSA) is 80.0 Å². The molecular weight excluding hydrogens is 416 g/mol. The Morgan fingerprint density at radius 2 is 1.90 bits per heavy atom. The number of halogens is 1. The van der Waals surface area contributed by atoms with Gasteiger partial charge in [0.1, 0.15) is 5.82 Å². The van der Waals surface area contributed by atoms with E-state index in [0.29, 0.717) is 22.2 Å². The molecule has 147 valence electrons. The maximum absolute atomic E-state index is 12.2. The highest BCUT2D eigenvalue weighted by Gasteiger charge is 2.13. The summed E-state index contributed by atoms with van der Waals surface area (Å²) in [5, 5.41) is 9.01. The molecule has 5 nitrogen and oxygen atoms in total. The van der Waals surface area contributed by atoms with E-state index in [1.165, 1.54) is 0 Å². The molecule has 0 saturated heterocycles. The minimum Gasteiger partial charge on any atom is -0.383 e. The first-order valence-electron chi connectivity index (χ1n) is 8.93. The van der Waals surface area contributed by atoms with Crippen LogP contribution in [-0.2, 0) is 0 Å². The number of urea groups is 1. The van der Waals surface area contributed by atoms with Gasteiger partial charge in [0.25, 0.3) is 0 Å². The highest BCUT2D eigenvalue weighted by Crippen LogP contribution is 2.38. The van der Waals surface area contributed by atoms with E-state index in [2.05, 4.69) is 34.4 Å². The molecule has 1 radical (unpaired) electrons. The fraction of sp³-hybridized carbons (Fsp3) is 0. The number of nitrogens with two attached hydrogens (primary N) is 1. The van der Waals surface area contributed by atoms with Crippen molar-refractivity contribution in [2.75, 3.05) is 16.4 Å². The summed E-state index contributed by atoms with van der Waals surface area (Å²) in [6.45, 7) is 3.58. The summed E-state index contributed by atoms with van der Waals surface area (Å²) in [5.74, 6) is 6.09. The summed E-state index contributed by atoms with van der Waals surface area (Å²) in [6, 6.07) is 14.1. The summed E-state index contributed by atoms with van der Waals surface area (Å²) in [4.78, 5) is 16.5. The van der Waals surface area contributed by atoms with Crippen molar-refractivity contribution in [3.8, 4) is 23.0 Å². The zero-order valence-electron chi connectivity index (χ0n) is 15.7. The van der Waals surface area contributed by atoms with E-state index in [9.17, 15) is 4.79 Å². The van der Waals surface area contributed by atoms with Crippen LogP contribution in [0.15, 0.2) is 60.1 Å². The van der Waals surface area contributed by atoms with E-state index in [-0.39, 0.29) is 6.03 Å². The van der Waals surface area contributed by atoms with E-state index >= 15 is 0 Å². The van der Waals surface area contributed by atoms with E-state index in [1.807, 2.05) is 29.6 Å². The number of nitrogens with one attached hydrogen (secondary N) is 2. The van der Waals surface area contributed by atoms with Gasteiger partial charge in [-0.05, 0) is 41.3 Å². The lowest BCUT2D eigenvalue weighted by Crippen LogP contribution is -2.19. The summed E-state index contributed by atoms with van der Waals surface area (Å²) in [7, 11) is 0. The smallest absolute Gasteiger partial charge is 0.323 e. The van der Waals surface area contributed by atoms with Crippen molar-refractivity contribution in [3.05, 3.63) is 77.6 Å². The number of hydrogen-bond donors (Lipinski definition) is 3. The molecule has 2 heterocycles. The van der Waals surface area contributed by atoms with Crippen LogP contribution in [0.1, 0.15) is 5.56 Å². The summed E-state index contributed by atoms with van der Waals surface area (Å²) in [5.41, 5.74) is 10.2. The molecule has 0 atom stereocenters. The third-order valence-corrected chi connectivity index (χ3v) is 5.63. The van der Waals surface area contributed by atoms with Gasteiger partial charge in [-0.1, -0.05) is 41.6 Å². The van der Waals surface area contributed by atoms with Gasteiger partial charge < -0.3 is 16.4 Å². The number of carbonyl (C=O) groups excluding carboxylic acids is 1. The first-order chi connectivity index (χ1) is 14.5. The van der Waals surface area contributed by atoms with Gasteiger partial charge in [-0.3, -0.25) is 0 Å². The molecule has 2 aromatic heterocycles. The zero-order chi connectivity index (χ0) is 21.1. The lowest BCUT2D eigenvalue weighted by molar-refractivity contribution is 0.262. The van der Waals surface area contributed by atoms with E-state index in [4.69, 9.17) is 17.3 Å². The molecule has 0 aliphatic rings. The van der Waals surface area contributed by atoms with Crippen LogP contribution >= 0.6 is 22.9 Å². The quantitative estimate of drug-likeness (QED) is 0.346.